The molecule has 3 aliphatic heterocycles. The van der Waals surface area contributed by atoms with Crippen LogP contribution in [0.3, 0.4) is 0 Å². The van der Waals surface area contributed by atoms with E-state index in [0.29, 0.717) is 12.8 Å². The summed E-state index contributed by atoms with van der Waals surface area (Å²) in [6.45, 7) is 16.9. The lowest BCUT2D eigenvalue weighted by molar-refractivity contribution is -0.131. The Bertz CT molecular complexity index is 1960. The Balaban J connectivity index is 1.58. The first-order valence-electron chi connectivity index (χ1n) is 18.3. The molecule has 20 nitrogen and oxygen atoms in total. The molecule has 2 unspecified atom stereocenters. The summed E-state index contributed by atoms with van der Waals surface area (Å²) in [7, 11) is -2.47. The summed E-state index contributed by atoms with van der Waals surface area (Å²) in [6, 6.07) is 2.22. The number of nitrogens with one attached hydrogen (secondary N) is 2. The minimum absolute atomic E-state index is 0.0679. The smallest absolute Gasteiger partial charge is 0.374 e. The second kappa shape index (κ2) is 18.8. The van der Waals surface area contributed by atoms with Crippen molar-refractivity contribution >= 4 is 16.3 Å². The number of aromatic amines is 2. The molecule has 312 valence electrons. The summed E-state index contributed by atoms with van der Waals surface area (Å²) in [5.41, 5.74) is -4.19. The molecule has 1 spiro atoms. The van der Waals surface area contributed by atoms with E-state index in [9.17, 15) is 23.7 Å². The molecule has 22 heteroatoms. The highest BCUT2D eigenvalue weighted by molar-refractivity contribution is 7.48. The van der Waals surface area contributed by atoms with Gasteiger partial charge in [-0.05, 0) is 46.5 Å². The van der Waals surface area contributed by atoms with Crippen LogP contribution in [0.4, 0.5) is 0 Å². The molecule has 56 heavy (non-hydrogen) atoms. The predicted molar refractivity (Wildman–Crippen MR) is 201 cm³/mol. The lowest BCUT2D eigenvalue weighted by atomic mass is 9.87. The first kappa shape index (κ1) is 44.2. The van der Waals surface area contributed by atoms with Crippen LogP contribution >= 0.6 is 16.3 Å². The average Bonchev–Trinajstić information content (AvgIpc) is 3.64. The molecule has 5 rings (SSSR count). The molecule has 0 amide bonds. The lowest BCUT2D eigenvalue weighted by Crippen LogP contribution is -2.49. The summed E-state index contributed by atoms with van der Waals surface area (Å²) in [5.74, 6) is -0.315. The van der Waals surface area contributed by atoms with Gasteiger partial charge in [-0.3, -0.25) is 42.3 Å². The van der Waals surface area contributed by atoms with Crippen LogP contribution in [0, 0.1) is 12.5 Å². The van der Waals surface area contributed by atoms with Crippen molar-refractivity contribution in [1.29, 1.82) is 0 Å². The summed E-state index contributed by atoms with van der Waals surface area (Å²) >= 11 is 0. The second-order valence-electron chi connectivity index (χ2n) is 14.4. The normalized spacial score (nSPS) is 33.1. The number of aromatic nitrogens is 4. The van der Waals surface area contributed by atoms with Crippen LogP contribution in [0.25, 0.3) is 4.85 Å². The van der Waals surface area contributed by atoms with Gasteiger partial charge in [-0.2, -0.15) is 0 Å². The van der Waals surface area contributed by atoms with Gasteiger partial charge in [0.1, 0.15) is 36.6 Å². The van der Waals surface area contributed by atoms with E-state index in [1.807, 2.05) is 39.3 Å². The third kappa shape index (κ3) is 9.36. The Hall–Kier alpha value is -2.89. The average molecular weight is 831 g/mol. The Morgan fingerprint density at radius 3 is 2.12 bits per heavy atom. The third-order valence-electron chi connectivity index (χ3n) is 10.1. The molecule has 3 fully saturated rings. The number of ether oxygens (including phenoxy) is 4. The first-order chi connectivity index (χ1) is 26.6. The van der Waals surface area contributed by atoms with E-state index in [2.05, 4.69) is 14.8 Å². The maximum atomic E-state index is 14.6. The molecule has 0 radical (unpaired) electrons. The van der Waals surface area contributed by atoms with Gasteiger partial charge in [0.05, 0.1) is 12.7 Å². The van der Waals surface area contributed by atoms with E-state index in [1.54, 1.807) is 0 Å². The number of phosphoric ester groups is 1. The predicted octanol–water partition coefficient (Wildman–Crippen LogP) is 2.92. The highest BCUT2D eigenvalue weighted by Crippen LogP contribution is 2.58. The van der Waals surface area contributed by atoms with Crippen molar-refractivity contribution < 1.29 is 46.1 Å². The second-order valence-corrected chi connectivity index (χ2v) is 17.5. The van der Waals surface area contributed by atoms with E-state index in [0.717, 1.165) is 7.11 Å². The highest BCUT2D eigenvalue weighted by atomic mass is 31.2. The number of hydrogen-bond acceptors (Lipinski definition) is 15. The number of methoxy groups -OCH3 is 2. The SMILES string of the molecule is [C-]#[N+]CCOP(O[C@H]1[C@@H](OC)[C@H](n2ccc(=O)[nH]c2=O)O[C@@]12CCC[C@H](C)[C@H]1O[C@@H](n3ccc(=O)[nH]c3=O)[C@H](OC)[C@@H]1OP(=O)(OC)OC2)N(C(C)C)C(C)C. The maximum absolute atomic E-state index is 14.6. The van der Waals surface area contributed by atoms with Gasteiger partial charge < -0.3 is 32.8 Å². The number of fused-ring (bicyclic) bond motifs is 1. The fourth-order valence-corrected chi connectivity index (χ4v) is 10.5. The van der Waals surface area contributed by atoms with Crippen LogP contribution in [-0.2, 0) is 46.1 Å². The minimum Gasteiger partial charge on any atom is -0.374 e. The van der Waals surface area contributed by atoms with Gasteiger partial charge in [0.25, 0.3) is 19.6 Å². The summed E-state index contributed by atoms with van der Waals surface area (Å²) in [6.07, 6.45) is -3.50. The van der Waals surface area contributed by atoms with E-state index in [1.165, 1.54) is 47.9 Å². The van der Waals surface area contributed by atoms with Crippen LogP contribution < -0.4 is 22.5 Å². The molecule has 0 aliphatic carbocycles. The van der Waals surface area contributed by atoms with Crippen LogP contribution in [0.15, 0.2) is 43.7 Å². The fraction of sp³-hybridized carbons (Fsp3) is 0.735. The zero-order valence-electron chi connectivity index (χ0n) is 32.7. The lowest BCUT2D eigenvalue weighted by Gasteiger charge is -2.41. The van der Waals surface area contributed by atoms with Gasteiger partial charge in [0, 0.05) is 57.9 Å². The molecule has 0 aromatic carbocycles. The molecule has 2 N–H and O–H groups in total. The fourth-order valence-electron chi connectivity index (χ4n) is 7.53. The molecule has 5 heterocycles. The standard InChI is InChI=1S/C34H52N6O14P2/c1-20(2)40(21(3)4)55(49-18-15-35-6)53-29-28(47-8)31(39-17-13-24(42)37-33(39)44)52-34(29)14-10-11-22(5)25-26(54-56(45,48-9)50-19-34)27(46-7)30(51-25)38-16-12-23(41)36-32(38)43/h12-13,16-17,20-22,25-31H,10-11,14-15,18-19H2,1-5,7-9H3,(H,36,41,43)(H,37,42,44)/t22-,25+,26+,27+,28+,29-,30+,31+,34+,55?,56?/m0/s1. The Morgan fingerprint density at radius 1 is 0.982 bits per heavy atom. The largest absolute Gasteiger partial charge is 0.475 e. The summed E-state index contributed by atoms with van der Waals surface area (Å²) in [5, 5.41) is 0. The maximum Gasteiger partial charge on any atom is 0.475 e. The zero-order chi connectivity index (χ0) is 40.9. The molecular formula is C34H52N6O14P2. The molecule has 0 saturated carbocycles. The van der Waals surface area contributed by atoms with E-state index in [4.69, 9.17) is 48.1 Å². The molecular weight excluding hydrogens is 778 g/mol. The summed E-state index contributed by atoms with van der Waals surface area (Å²) in [4.78, 5) is 57.9. The zero-order valence-corrected chi connectivity index (χ0v) is 34.5. The highest BCUT2D eigenvalue weighted by Gasteiger charge is 2.61. The number of H-pyrrole nitrogens is 2. The van der Waals surface area contributed by atoms with Gasteiger partial charge in [0.2, 0.25) is 6.54 Å². The van der Waals surface area contributed by atoms with Crippen molar-refractivity contribution in [2.24, 2.45) is 5.92 Å². The summed E-state index contributed by atoms with van der Waals surface area (Å²) < 4.78 is 75.1. The first-order valence-corrected chi connectivity index (χ1v) is 20.9. The monoisotopic (exact) mass is 830 g/mol. The van der Waals surface area contributed by atoms with Gasteiger partial charge in [-0.15, -0.1) is 0 Å². The molecule has 11 atom stereocenters. The van der Waals surface area contributed by atoms with Crippen LogP contribution in [-0.4, -0.2) is 113 Å². The quantitative estimate of drug-likeness (QED) is 0.169. The van der Waals surface area contributed by atoms with Crippen molar-refractivity contribution in [3.05, 3.63) is 77.6 Å². The Labute approximate surface area is 325 Å². The Morgan fingerprint density at radius 2 is 1.59 bits per heavy atom. The van der Waals surface area contributed by atoms with Crippen molar-refractivity contribution in [1.82, 2.24) is 23.8 Å². The number of nitrogens with zero attached hydrogens (tertiary/aromatic N) is 4. The number of rotatable bonds is 13. The topological polar surface area (TPSA) is 217 Å². The van der Waals surface area contributed by atoms with Gasteiger partial charge in [-0.1, -0.05) is 13.3 Å². The third-order valence-corrected chi connectivity index (χ3v) is 13.6. The number of hydrogen-bond donors (Lipinski definition) is 2. The van der Waals surface area contributed by atoms with E-state index < -0.39 is 94.0 Å². The molecule has 3 saturated heterocycles. The van der Waals surface area contributed by atoms with Crippen LogP contribution in [0.2, 0.25) is 0 Å². The van der Waals surface area contributed by atoms with Crippen molar-refractivity contribution in [2.45, 2.75) is 115 Å². The minimum atomic E-state index is -4.53. The van der Waals surface area contributed by atoms with E-state index >= 15 is 0 Å². The Kier molecular flexibility index (Phi) is 14.8. The molecule has 2 aromatic rings. The van der Waals surface area contributed by atoms with Crippen LogP contribution in [0.1, 0.15) is 66.3 Å². The van der Waals surface area contributed by atoms with Gasteiger partial charge in [-0.25, -0.2) is 25.4 Å². The molecule has 0 bridgehead atoms. The van der Waals surface area contributed by atoms with Crippen molar-refractivity contribution in [3.8, 4) is 0 Å². The number of phosphoric acid groups is 1. The van der Waals surface area contributed by atoms with Crippen molar-refractivity contribution in [2.75, 3.05) is 41.1 Å². The van der Waals surface area contributed by atoms with Crippen molar-refractivity contribution in [3.63, 3.8) is 0 Å². The molecule has 2 aromatic heterocycles. The van der Waals surface area contributed by atoms with Gasteiger partial charge >= 0.3 is 19.2 Å². The molecule has 3 aliphatic rings. The van der Waals surface area contributed by atoms with Crippen LogP contribution in [0.5, 0.6) is 0 Å². The van der Waals surface area contributed by atoms with Gasteiger partial charge in [0.15, 0.2) is 12.5 Å². The van der Waals surface area contributed by atoms with E-state index in [-0.39, 0.29) is 37.6 Å².